The van der Waals surface area contributed by atoms with Crippen LogP contribution in [0, 0.1) is 12.8 Å². The highest BCUT2D eigenvalue weighted by molar-refractivity contribution is 7.22. The molecule has 72 heavy (non-hydrogen) atoms. The van der Waals surface area contributed by atoms with Crippen molar-refractivity contribution >= 4 is 72.9 Å². The van der Waals surface area contributed by atoms with Crippen LogP contribution in [0.25, 0.3) is 32.2 Å². The maximum absolute atomic E-state index is 13.6. The number of carboxylic acids is 1. The van der Waals surface area contributed by atoms with Gasteiger partial charge < -0.3 is 19.6 Å². The topological polar surface area (TPSA) is 188 Å². The van der Waals surface area contributed by atoms with Crippen molar-refractivity contribution in [3.63, 3.8) is 0 Å². The number of piperazine rings is 1. The highest BCUT2D eigenvalue weighted by Gasteiger charge is 2.33. The minimum atomic E-state index is -1.10. The van der Waals surface area contributed by atoms with Crippen molar-refractivity contribution in [1.29, 1.82) is 0 Å². The lowest BCUT2D eigenvalue weighted by Crippen LogP contribution is -2.47. The number of aryl methyl sites for hydroxylation is 2. The van der Waals surface area contributed by atoms with Gasteiger partial charge in [0.25, 0.3) is 5.91 Å². The van der Waals surface area contributed by atoms with Gasteiger partial charge in [0.2, 0.25) is 11.8 Å². The van der Waals surface area contributed by atoms with Gasteiger partial charge in [0.05, 0.1) is 27.9 Å². The predicted octanol–water partition coefficient (Wildman–Crippen LogP) is 8.52. The van der Waals surface area contributed by atoms with Crippen molar-refractivity contribution < 1.29 is 29.0 Å². The molecule has 4 aromatic heterocycles. The van der Waals surface area contributed by atoms with Gasteiger partial charge in [-0.1, -0.05) is 41.7 Å². The Morgan fingerprint density at radius 3 is 2.49 bits per heavy atom. The molecule has 1 unspecified atom stereocenters. The van der Waals surface area contributed by atoms with E-state index < -0.39 is 11.9 Å². The molecule has 3 N–H and O–H groups in total. The molecule has 3 amide bonds. The van der Waals surface area contributed by atoms with E-state index in [1.54, 1.807) is 6.20 Å². The number of para-hydroxylation sites is 1. The number of hydrogen-bond donors (Lipinski definition) is 3. The fraction of sp³-hybridized carbons (Fsp3) is 0.382. The second kappa shape index (κ2) is 20.1. The smallest absolute Gasteiger partial charge is 0.355 e. The molecule has 3 aliphatic heterocycles. The summed E-state index contributed by atoms with van der Waals surface area (Å²) in [6.07, 6.45) is 10.1. The third kappa shape index (κ3) is 9.62. The van der Waals surface area contributed by atoms with E-state index in [0.29, 0.717) is 66.0 Å². The van der Waals surface area contributed by atoms with Crippen LogP contribution >= 0.6 is 11.3 Å². The Labute approximate surface area is 421 Å². The van der Waals surface area contributed by atoms with Crippen molar-refractivity contribution in [2.45, 2.75) is 83.3 Å². The van der Waals surface area contributed by atoms with Gasteiger partial charge in [-0.05, 0) is 142 Å². The lowest BCUT2D eigenvalue weighted by molar-refractivity contribution is -0.134. The summed E-state index contributed by atoms with van der Waals surface area (Å²) in [5.41, 5.74) is 7.27. The molecular weight excluding hydrogens is 929 g/mol. The number of carbonyl (C=O) groups excluding carboxylic acids is 3. The Morgan fingerprint density at radius 1 is 0.875 bits per heavy atom. The molecule has 3 fully saturated rings. The van der Waals surface area contributed by atoms with Crippen LogP contribution < -0.4 is 25.2 Å². The minimum absolute atomic E-state index is 0.0168. The number of piperidine rings is 1. The van der Waals surface area contributed by atoms with Crippen molar-refractivity contribution in [3.8, 4) is 16.9 Å². The monoisotopic (exact) mass is 986 g/mol. The minimum Gasteiger partial charge on any atom is -0.490 e. The average molecular weight is 987 g/mol. The van der Waals surface area contributed by atoms with Gasteiger partial charge in [-0.2, -0.15) is 5.10 Å². The number of benzene rings is 3. The number of amides is 3. The summed E-state index contributed by atoms with van der Waals surface area (Å²) in [7, 11) is 1.90. The van der Waals surface area contributed by atoms with E-state index >= 15 is 0 Å². The van der Waals surface area contributed by atoms with Gasteiger partial charge in [0.15, 0.2) is 16.6 Å². The highest BCUT2D eigenvalue weighted by Crippen LogP contribution is 2.37. The molecule has 1 aliphatic carbocycles. The number of pyridine rings is 2. The van der Waals surface area contributed by atoms with Gasteiger partial charge >= 0.3 is 5.97 Å². The van der Waals surface area contributed by atoms with E-state index in [2.05, 4.69) is 25.4 Å². The lowest BCUT2D eigenvalue weighted by atomic mass is 9.84. The van der Waals surface area contributed by atoms with Gasteiger partial charge in [-0.15, -0.1) is 0 Å². The Bertz CT molecular complexity index is 3190. The standard InChI is InChI=1S/C55H58N10O6S/c1-33-31-37(71-36-14-12-34(13-15-36)7-6-25-63-27-29-64(30-28-63)51-50-41(22-24-56-51)48(61-62(50)2)42-19-21-47(66)59-53(42)68)16-17-38(33)39-18-20-46(58-49(39)54(69)70)65-26-23-35-8-5-9-40(43(35)32-65)52(67)60-55-57-44-10-3-4-11-45(44)72-55/h3-5,8-11,16-18,20,22,24,31,34,36,42H,6-7,12-15,19,21,23,25-30,32H2,1-2H3,(H,69,70)(H,57,60,67)(H,59,66,68). The zero-order valence-electron chi connectivity index (χ0n) is 40.6. The Balaban J connectivity index is 0.656. The molecule has 2 saturated heterocycles. The molecule has 4 aliphatic rings. The van der Waals surface area contributed by atoms with Gasteiger partial charge in [-0.25, -0.2) is 19.7 Å². The third-order valence-corrected chi connectivity index (χ3v) is 16.1. The normalized spacial score (nSPS) is 19.6. The van der Waals surface area contributed by atoms with Crippen molar-refractivity contribution in [1.82, 2.24) is 34.9 Å². The van der Waals surface area contributed by atoms with Crippen LogP contribution in [0.3, 0.4) is 0 Å². The summed E-state index contributed by atoms with van der Waals surface area (Å²) in [6, 6.07) is 25.1. The van der Waals surface area contributed by atoms with Crippen LogP contribution in [0.4, 0.5) is 16.8 Å². The molecule has 0 bridgehead atoms. The maximum atomic E-state index is 13.6. The molecule has 16 nitrogen and oxygen atoms in total. The summed E-state index contributed by atoms with van der Waals surface area (Å²) in [5.74, 6) is 0.635. The second-order valence-corrected chi connectivity index (χ2v) is 20.7. The van der Waals surface area contributed by atoms with E-state index in [0.717, 1.165) is 120 Å². The number of imide groups is 1. The number of fused-ring (bicyclic) bond motifs is 3. The summed E-state index contributed by atoms with van der Waals surface area (Å²) in [4.78, 5) is 71.9. The average Bonchev–Trinajstić information content (AvgIpc) is 3.96. The first-order valence-electron chi connectivity index (χ1n) is 25.2. The third-order valence-electron chi connectivity index (χ3n) is 15.1. The number of hydrogen-bond acceptors (Lipinski definition) is 13. The highest BCUT2D eigenvalue weighted by atomic mass is 32.1. The second-order valence-electron chi connectivity index (χ2n) is 19.7. The van der Waals surface area contributed by atoms with Crippen LogP contribution in [0.1, 0.15) is 101 Å². The zero-order chi connectivity index (χ0) is 49.5. The number of carboxylic acid groups (broad SMARTS) is 1. The van der Waals surface area contributed by atoms with E-state index in [1.165, 1.54) is 17.8 Å². The number of carbonyl (C=O) groups is 4. The van der Waals surface area contributed by atoms with E-state index in [9.17, 15) is 24.3 Å². The van der Waals surface area contributed by atoms with Crippen LogP contribution in [0.2, 0.25) is 0 Å². The molecule has 7 aromatic rings. The number of rotatable bonds is 13. The fourth-order valence-electron chi connectivity index (χ4n) is 11.3. The number of aromatic nitrogens is 5. The van der Waals surface area contributed by atoms with E-state index in [1.807, 2.05) is 102 Å². The Hall–Kier alpha value is -7.24. The first kappa shape index (κ1) is 47.1. The summed E-state index contributed by atoms with van der Waals surface area (Å²) >= 11 is 1.44. The number of nitrogens with zero attached hydrogens (tertiary/aromatic N) is 8. The Kier molecular flexibility index (Phi) is 13.2. The molecule has 370 valence electrons. The largest absolute Gasteiger partial charge is 0.490 e. The molecule has 3 aromatic carbocycles. The van der Waals surface area contributed by atoms with E-state index in [-0.39, 0.29) is 29.5 Å². The van der Waals surface area contributed by atoms with Crippen LogP contribution in [-0.4, -0.2) is 104 Å². The summed E-state index contributed by atoms with van der Waals surface area (Å²) in [6.45, 7) is 7.76. The number of thiazole rings is 1. The molecule has 7 heterocycles. The molecular formula is C55H58N10O6S. The number of ether oxygens (including phenoxy) is 1. The van der Waals surface area contributed by atoms with Gasteiger partial charge in [-0.3, -0.25) is 34.6 Å². The lowest BCUT2D eigenvalue weighted by Gasteiger charge is -2.36. The number of nitrogens with one attached hydrogen (secondary N) is 2. The predicted molar refractivity (Wildman–Crippen MR) is 278 cm³/mol. The maximum Gasteiger partial charge on any atom is 0.355 e. The van der Waals surface area contributed by atoms with Gasteiger partial charge in [0.1, 0.15) is 17.1 Å². The molecule has 17 heteroatoms. The molecule has 1 atom stereocenters. The first-order valence-corrected chi connectivity index (χ1v) is 26.0. The summed E-state index contributed by atoms with van der Waals surface area (Å²) in [5, 5.41) is 22.2. The Morgan fingerprint density at radius 2 is 1.69 bits per heavy atom. The zero-order valence-corrected chi connectivity index (χ0v) is 41.4. The fourth-order valence-corrected chi connectivity index (χ4v) is 12.2. The summed E-state index contributed by atoms with van der Waals surface area (Å²) < 4.78 is 9.38. The quantitative estimate of drug-likeness (QED) is 0.0934. The van der Waals surface area contributed by atoms with Crippen LogP contribution in [-0.2, 0) is 29.6 Å². The van der Waals surface area contributed by atoms with Gasteiger partial charge in [0, 0.05) is 75.4 Å². The van der Waals surface area contributed by atoms with Crippen LogP contribution in [0.15, 0.2) is 85.1 Å². The number of aromatic carboxylic acids is 1. The molecule has 1 saturated carbocycles. The first-order chi connectivity index (χ1) is 35.0. The van der Waals surface area contributed by atoms with E-state index in [4.69, 9.17) is 19.8 Å². The number of anilines is 3. The molecule has 11 rings (SSSR count). The molecule has 0 spiro atoms. The van der Waals surface area contributed by atoms with Crippen molar-refractivity contribution in [2.75, 3.05) is 54.4 Å². The van der Waals surface area contributed by atoms with Crippen molar-refractivity contribution in [3.05, 3.63) is 119 Å². The van der Waals surface area contributed by atoms with Crippen LogP contribution in [0.5, 0.6) is 5.75 Å². The SMILES string of the molecule is Cc1cc(OC2CCC(CCCN3CCN(c4nccc5c(C6CCC(=O)NC6=O)nn(C)c45)CC3)CC2)ccc1-c1ccc(N2CCc3cccc(C(=O)Nc4nc5ccccc5s4)c3C2)nc1C(=O)O. The van der Waals surface area contributed by atoms with Crippen molar-refractivity contribution in [2.24, 2.45) is 13.0 Å². The molecule has 0 radical (unpaired) electrons.